The Bertz CT molecular complexity index is 716. The van der Waals surface area contributed by atoms with Gasteiger partial charge in [-0.2, -0.15) is 0 Å². The van der Waals surface area contributed by atoms with Crippen LogP contribution < -0.4 is 0 Å². The highest BCUT2D eigenvalue weighted by Crippen LogP contribution is 2.44. The van der Waals surface area contributed by atoms with Crippen molar-refractivity contribution < 1.29 is 17.2 Å². The smallest absolute Gasteiger partial charge is 0.280 e. The van der Waals surface area contributed by atoms with Gasteiger partial charge in [-0.05, 0) is 56.2 Å². The largest absolute Gasteiger partial charge is 0.300 e. The van der Waals surface area contributed by atoms with Crippen molar-refractivity contribution in [3.63, 3.8) is 0 Å². The Labute approximate surface area is 147 Å². The Morgan fingerprint density at radius 3 is 2.44 bits per heavy atom. The summed E-state index contributed by atoms with van der Waals surface area (Å²) >= 11 is 0. The molecule has 1 aromatic rings. The highest BCUT2D eigenvalue weighted by molar-refractivity contribution is 7.92. The van der Waals surface area contributed by atoms with E-state index in [-0.39, 0.29) is 11.1 Å². The third-order valence-corrected chi connectivity index (χ3v) is 8.34. The molecule has 7 heteroatoms. The average Bonchev–Trinajstić information content (AvgIpc) is 2.98. The van der Waals surface area contributed by atoms with E-state index in [1.807, 2.05) is 0 Å². The fraction of sp³-hybridized carbons (Fsp3) is 0.722. The van der Waals surface area contributed by atoms with Crippen LogP contribution in [0, 0.1) is 5.41 Å². The fourth-order valence-corrected chi connectivity index (χ4v) is 7.22. The molecule has 0 N–H and O–H groups in total. The number of hydrogen-bond donors (Lipinski definition) is 0. The number of hydrogen-bond acceptors (Lipinski definition) is 4. The topological polar surface area (TPSA) is 50.3 Å². The SMILES string of the molecule is O=S1(=O)CC2(CCN(C3CCC(c4ccc(C(F)F)nc4)CC3)C2)C1. The maximum absolute atomic E-state index is 12.6. The summed E-state index contributed by atoms with van der Waals surface area (Å²) in [6.45, 7) is 1.93. The van der Waals surface area contributed by atoms with Gasteiger partial charge in [0.05, 0.1) is 11.5 Å². The van der Waals surface area contributed by atoms with Crippen LogP contribution in [0.15, 0.2) is 18.3 Å². The molecule has 2 aliphatic heterocycles. The number of rotatable bonds is 3. The van der Waals surface area contributed by atoms with Gasteiger partial charge in [-0.25, -0.2) is 17.2 Å². The van der Waals surface area contributed by atoms with Crippen LogP contribution in [0.1, 0.15) is 55.7 Å². The number of halogens is 2. The van der Waals surface area contributed by atoms with E-state index in [2.05, 4.69) is 9.88 Å². The molecule has 0 radical (unpaired) electrons. The first-order valence-corrected chi connectivity index (χ1v) is 10.9. The molecule has 4 nitrogen and oxygen atoms in total. The van der Waals surface area contributed by atoms with Gasteiger partial charge in [0, 0.05) is 24.2 Å². The van der Waals surface area contributed by atoms with Crippen LogP contribution in [0.5, 0.6) is 0 Å². The van der Waals surface area contributed by atoms with E-state index in [0.29, 0.717) is 23.5 Å². The molecule has 0 amide bonds. The Morgan fingerprint density at radius 2 is 1.88 bits per heavy atom. The minimum Gasteiger partial charge on any atom is -0.300 e. The first kappa shape index (κ1) is 17.3. The zero-order valence-electron chi connectivity index (χ0n) is 14.2. The highest BCUT2D eigenvalue weighted by Gasteiger charge is 2.52. The van der Waals surface area contributed by atoms with Gasteiger partial charge in [0.1, 0.15) is 5.69 Å². The van der Waals surface area contributed by atoms with E-state index in [0.717, 1.165) is 50.8 Å². The second-order valence-corrected chi connectivity index (χ2v) is 10.1. The molecule has 1 aliphatic carbocycles. The van der Waals surface area contributed by atoms with Crippen LogP contribution in [0.25, 0.3) is 0 Å². The summed E-state index contributed by atoms with van der Waals surface area (Å²) < 4.78 is 48.3. The minimum absolute atomic E-state index is 0.0324. The first-order valence-electron chi connectivity index (χ1n) is 9.04. The van der Waals surface area contributed by atoms with Gasteiger partial charge in [-0.3, -0.25) is 9.88 Å². The van der Waals surface area contributed by atoms with Crippen molar-refractivity contribution in [2.75, 3.05) is 24.6 Å². The van der Waals surface area contributed by atoms with Gasteiger partial charge in [0.2, 0.25) is 0 Å². The second-order valence-electron chi connectivity index (χ2n) is 8.08. The van der Waals surface area contributed by atoms with Crippen molar-refractivity contribution in [3.8, 4) is 0 Å². The maximum atomic E-state index is 12.6. The average molecular weight is 370 g/mol. The minimum atomic E-state index is -2.77. The van der Waals surface area contributed by atoms with E-state index < -0.39 is 16.3 Å². The Morgan fingerprint density at radius 1 is 1.16 bits per heavy atom. The van der Waals surface area contributed by atoms with E-state index in [9.17, 15) is 17.2 Å². The van der Waals surface area contributed by atoms with Gasteiger partial charge in [0.15, 0.2) is 9.84 Å². The molecule has 25 heavy (non-hydrogen) atoms. The summed E-state index contributed by atoms with van der Waals surface area (Å²) in [5, 5.41) is 0. The summed E-state index contributed by atoms with van der Waals surface area (Å²) in [7, 11) is -2.77. The molecule has 3 heterocycles. The number of nitrogens with zero attached hydrogens (tertiary/aromatic N) is 2. The molecule has 1 spiro atoms. The molecule has 3 fully saturated rings. The van der Waals surface area contributed by atoms with E-state index in [1.54, 1.807) is 12.3 Å². The number of sulfone groups is 1. The Balaban J connectivity index is 1.31. The molecule has 138 valence electrons. The lowest BCUT2D eigenvalue weighted by Gasteiger charge is -2.40. The fourth-order valence-electron chi connectivity index (χ4n) is 4.97. The summed E-state index contributed by atoms with van der Waals surface area (Å²) in [4.78, 5) is 6.37. The van der Waals surface area contributed by atoms with Crippen molar-refractivity contribution in [1.82, 2.24) is 9.88 Å². The normalized spacial score (nSPS) is 31.3. The van der Waals surface area contributed by atoms with Crippen LogP contribution in [0.4, 0.5) is 8.78 Å². The molecule has 0 bridgehead atoms. The molecular formula is C18H24F2N2O2S. The summed E-state index contributed by atoms with van der Waals surface area (Å²) in [5.74, 6) is 1.14. The van der Waals surface area contributed by atoms with Gasteiger partial charge >= 0.3 is 0 Å². The maximum Gasteiger partial charge on any atom is 0.280 e. The van der Waals surface area contributed by atoms with Crippen LogP contribution in [-0.4, -0.2) is 48.9 Å². The van der Waals surface area contributed by atoms with Crippen molar-refractivity contribution in [1.29, 1.82) is 0 Å². The van der Waals surface area contributed by atoms with Crippen molar-refractivity contribution in [3.05, 3.63) is 29.6 Å². The van der Waals surface area contributed by atoms with Crippen molar-refractivity contribution in [2.24, 2.45) is 5.41 Å². The number of likely N-dealkylation sites (tertiary alicyclic amines) is 1. The number of alkyl halides is 2. The predicted molar refractivity (Wildman–Crippen MR) is 91.5 cm³/mol. The van der Waals surface area contributed by atoms with Crippen LogP contribution >= 0.6 is 0 Å². The molecule has 2 saturated heterocycles. The zero-order chi connectivity index (χ0) is 17.7. The van der Waals surface area contributed by atoms with E-state index in [4.69, 9.17) is 0 Å². The quantitative estimate of drug-likeness (QED) is 0.820. The lowest BCUT2D eigenvalue weighted by molar-refractivity contribution is 0.146. The summed E-state index contributed by atoms with van der Waals surface area (Å²) in [5.41, 5.74) is 0.936. The third-order valence-electron chi connectivity index (χ3n) is 6.24. The van der Waals surface area contributed by atoms with Crippen LogP contribution in [0.3, 0.4) is 0 Å². The first-order chi connectivity index (χ1) is 11.9. The Kier molecular flexibility index (Phi) is 4.35. The molecule has 1 saturated carbocycles. The second kappa shape index (κ2) is 6.27. The van der Waals surface area contributed by atoms with Crippen molar-refractivity contribution in [2.45, 2.75) is 50.5 Å². The lowest BCUT2D eigenvalue weighted by Crippen LogP contribution is -2.51. The molecule has 1 aromatic heterocycles. The van der Waals surface area contributed by atoms with Gasteiger partial charge < -0.3 is 0 Å². The molecular weight excluding hydrogens is 346 g/mol. The number of pyridine rings is 1. The lowest BCUT2D eigenvalue weighted by atomic mass is 9.81. The summed E-state index contributed by atoms with van der Waals surface area (Å²) in [6, 6.07) is 3.77. The summed E-state index contributed by atoms with van der Waals surface area (Å²) in [6.07, 6.45) is 4.36. The van der Waals surface area contributed by atoms with Gasteiger partial charge in [0.25, 0.3) is 6.43 Å². The molecule has 4 rings (SSSR count). The predicted octanol–water partition coefficient (Wildman–Crippen LogP) is 3.17. The van der Waals surface area contributed by atoms with E-state index >= 15 is 0 Å². The number of aromatic nitrogens is 1. The van der Waals surface area contributed by atoms with Crippen LogP contribution in [-0.2, 0) is 9.84 Å². The van der Waals surface area contributed by atoms with Crippen LogP contribution in [0.2, 0.25) is 0 Å². The molecule has 0 atom stereocenters. The van der Waals surface area contributed by atoms with Crippen molar-refractivity contribution >= 4 is 9.84 Å². The molecule has 0 aromatic carbocycles. The highest BCUT2D eigenvalue weighted by atomic mass is 32.2. The van der Waals surface area contributed by atoms with Gasteiger partial charge in [-0.1, -0.05) is 6.07 Å². The molecule has 3 aliphatic rings. The Hall–Kier alpha value is -1.08. The monoisotopic (exact) mass is 370 g/mol. The molecule has 0 unspecified atom stereocenters. The van der Waals surface area contributed by atoms with E-state index in [1.165, 1.54) is 6.07 Å². The van der Waals surface area contributed by atoms with Gasteiger partial charge in [-0.15, -0.1) is 0 Å². The third kappa shape index (κ3) is 3.45. The zero-order valence-corrected chi connectivity index (χ0v) is 15.0. The standard InChI is InChI=1S/C18H24F2N2O2S/c19-17(20)16-6-3-14(9-21-16)13-1-4-15(5-2-13)22-8-7-18(10-22)11-25(23,24)12-18/h3,6,9,13,15,17H,1-2,4-5,7-8,10-12H2.